The van der Waals surface area contributed by atoms with Crippen LogP contribution in [0.5, 0.6) is 11.5 Å². The third kappa shape index (κ3) is 4.48. The van der Waals surface area contributed by atoms with Gasteiger partial charge in [0, 0.05) is 32.3 Å². The van der Waals surface area contributed by atoms with E-state index in [2.05, 4.69) is 158 Å². The van der Waals surface area contributed by atoms with Gasteiger partial charge in [0.15, 0.2) is 5.82 Å². The summed E-state index contributed by atoms with van der Waals surface area (Å²) in [4.78, 5) is 10.9. The molecule has 0 saturated carbocycles. The minimum absolute atomic E-state index is 0.532. The standard InChI is InChI=1S/C52H29N3OS/c53-30-31-21-23-32(24-22-31)34-26-27-38(36-12-2-1-11-35(34)36)51-54-48(50-49(55-51)39-14-4-10-20-47(39)57-50)33-25-28-42-40(29-33)37-13-3-5-15-41(37)52(42)43-16-6-8-18-45(43)56-46-19-9-7-17-44(46)52/h1-29H. The second-order valence-corrected chi connectivity index (χ2v) is 15.8. The lowest BCUT2D eigenvalue weighted by molar-refractivity contribution is 0.436. The summed E-state index contributed by atoms with van der Waals surface area (Å²) in [7, 11) is 0. The Hall–Kier alpha value is -7.39. The van der Waals surface area contributed by atoms with Crippen molar-refractivity contribution in [3.05, 3.63) is 204 Å². The van der Waals surface area contributed by atoms with Crippen LogP contribution in [0.15, 0.2) is 176 Å². The van der Waals surface area contributed by atoms with E-state index < -0.39 is 5.41 Å². The van der Waals surface area contributed by atoms with Gasteiger partial charge in [0.05, 0.1) is 33.0 Å². The molecule has 0 unspecified atom stereocenters. The fraction of sp³-hybridized carbons (Fsp3) is 0.0192. The summed E-state index contributed by atoms with van der Waals surface area (Å²) in [6, 6.07) is 64.1. The second kappa shape index (κ2) is 12.1. The SMILES string of the molecule is N#Cc1ccc(-c2ccc(-c3nc(-c4ccc5c(c4)-c4ccccc4C54c5ccccc5Oc5ccccc54)c4sc5ccccc5c4n3)c3ccccc23)cc1. The molecular weight excluding hydrogens is 715 g/mol. The average Bonchev–Trinajstić information content (AvgIpc) is 3.79. The van der Waals surface area contributed by atoms with Gasteiger partial charge in [0.1, 0.15) is 11.5 Å². The first-order valence-corrected chi connectivity index (χ1v) is 19.9. The number of aromatic nitrogens is 2. The zero-order valence-electron chi connectivity index (χ0n) is 30.4. The topological polar surface area (TPSA) is 58.8 Å². The number of benzene rings is 8. The lowest BCUT2D eigenvalue weighted by Gasteiger charge is -2.39. The van der Waals surface area contributed by atoms with Gasteiger partial charge in [-0.3, -0.25) is 0 Å². The molecule has 1 aliphatic heterocycles. The number of nitrogens with zero attached hydrogens (tertiary/aromatic N) is 3. The van der Waals surface area contributed by atoms with Gasteiger partial charge in [0.2, 0.25) is 0 Å². The highest BCUT2D eigenvalue weighted by Crippen LogP contribution is 2.62. The van der Waals surface area contributed by atoms with Gasteiger partial charge in [-0.2, -0.15) is 5.26 Å². The Morgan fingerprint density at radius 1 is 0.491 bits per heavy atom. The molecule has 10 aromatic rings. The van der Waals surface area contributed by atoms with E-state index in [-0.39, 0.29) is 0 Å². The second-order valence-electron chi connectivity index (χ2n) is 14.7. The van der Waals surface area contributed by atoms with Crippen LogP contribution in [-0.4, -0.2) is 9.97 Å². The highest BCUT2D eigenvalue weighted by Gasteiger charge is 2.51. The molecule has 4 nitrogen and oxygen atoms in total. The molecule has 0 atom stereocenters. The molecule has 5 heteroatoms. The maximum Gasteiger partial charge on any atom is 0.161 e. The van der Waals surface area contributed by atoms with E-state index in [1.165, 1.54) is 27.0 Å². The van der Waals surface area contributed by atoms with Gasteiger partial charge in [-0.1, -0.05) is 133 Å². The number of thiophene rings is 1. The van der Waals surface area contributed by atoms with Crippen LogP contribution in [0.1, 0.15) is 27.8 Å². The van der Waals surface area contributed by atoms with E-state index in [1.54, 1.807) is 11.3 Å². The first-order valence-electron chi connectivity index (χ1n) is 19.0. The van der Waals surface area contributed by atoms with Gasteiger partial charge >= 0.3 is 0 Å². The molecule has 3 heterocycles. The monoisotopic (exact) mass is 743 g/mol. The van der Waals surface area contributed by atoms with Crippen LogP contribution in [-0.2, 0) is 5.41 Å². The number of hydrogen-bond donors (Lipinski definition) is 0. The summed E-state index contributed by atoms with van der Waals surface area (Å²) < 4.78 is 8.82. The Labute approximate surface area is 332 Å². The molecule has 2 aromatic heterocycles. The Bertz CT molecular complexity index is 3310. The van der Waals surface area contributed by atoms with Crippen molar-refractivity contribution >= 4 is 42.4 Å². The van der Waals surface area contributed by atoms with Crippen LogP contribution in [0.25, 0.3) is 76.0 Å². The zero-order chi connectivity index (χ0) is 37.7. The van der Waals surface area contributed by atoms with Crippen LogP contribution in [0, 0.1) is 11.3 Å². The smallest absolute Gasteiger partial charge is 0.161 e. The first kappa shape index (κ1) is 31.9. The van der Waals surface area contributed by atoms with Crippen molar-refractivity contribution in [2.45, 2.75) is 5.41 Å². The highest BCUT2D eigenvalue weighted by atomic mass is 32.1. The van der Waals surface area contributed by atoms with E-state index >= 15 is 0 Å². The Balaban J connectivity index is 1.11. The molecule has 8 aromatic carbocycles. The predicted molar refractivity (Wildman–Crippen MR) is 231 cm³/mol. The fourth-order valence-corrected chi connectivity index (χ4v) is 10.5. The van der Waals surface area contributed by atoms with Crippen LogP contribution in [0.4, 0.5) is 0 Å². The van der Waals surface area contributed by atoms with Crippen LogP contribution in [0.2, 0.25) is 0 Å². The number of fused-ring (bicyclic) bond motifs is 13. The number of ether oxygens (including phenoxy) is 1. The summed E-state index contributed by atoms with van der Waals surface area (Å²) in [5, 5.41) is 12.7. The minimum atomic E-state index is -0.532. The van der Waals surface area contributed by atoms with Gasteiger partial charge < -0.3 is 4.74 Å². The van der Waals surface area contributed by atoms with Crippen molar-refractivity contribution in [1.82, 2.24) is 9.97 Å². The summed E-state index contributed by atoms with van der Waals surface area (Å²) >= 11 is 1.75. The van der Waals surface area contributed by atoms with Crippen molar-refractivity contribution in [2.75, 3.05) is 0 Å². The van der Waals surface area contributed by atoms with Crippen molar-refractivity contribution < 1.29 is 4.74 Å². The number of nitriles is 1. The number of hydrogen-bond acceptors (Lipinski definition) is 5. The Kier molecular flexibility index (Phi) is 6.75. The highest BCUT2D eigenvalue weighted by molar-refractivity contribution is 7.26. The van der Waals surface area contributed by atoms with E-state index in [0.717, 1.165) is 76.9 Å². The molecule has 0 N–H and O–H groups in total. The summed E-state index contributed by atoms with van der Waals surface area (Å²) in [6.07, 6.45) is 0. The molecule has 57 heavy (non-hydrogen) atoms. The Morgan fingerprint density at radius 2 is 1.09 bits per heavy atom. The molecule has 0 bridgehead atoms. The Morgan fingerprint density at radius 3 is 1.84 bits per heavy atom. The lowest BCUT2D eigenvalue weighted by atomic mass is 9.66. The van der Waals surface area contributed by atoms with Gasteiger partial charge in [-0.15, -0.1) is 11.3 Å². The number of rotatable bonds is 3. The molecule has 12 rings (SSSR count). The third-order valence-electron chi connectivity index (χ3n) is 11.8. The predicted octanol–water partition coefficient (Wildman–Crippen LogP) is 13.3. The maximum absolute atomic E-state index is 9.41. The normalized spacial score (nSPS) is 13.2. The van der Waals surface area contributed by atoms with Crippen molar-refractivity contribution in [2.24, 2.45) is 0 Å². The van der Waals surface area contributed by atoms with Crippen LogP contribution in [0.3, 0.4) is 0 Å². The third-order valence-corrected chi connectivity index (χ3v) is 13.0. The van der Waals surface area contributed by atoms with Crippen molar-refractivity contribution in [3.8, 4) is 62.5 Å². The zero-order valence-corrected chi connectivity index (χ0v) is 31.2. The summed E-state index contributed by atoms with van der Waals surface area (Å²) in [5.41, 5.74) is 13.4. The summed E-state index contributed by atoms with van der Waals surface area (Å²) in [5.74, 6) is 2.45. The van der Waals surface area contributed by atoms with Crippen LogP contribution < -0.4 is 4.74 Å². The lowest BCUT2D eigenvalue weighted by Crippen LogP contribution is -2.32. The average molecular weight is 744 g/mol. The summed E-state index contributed by atoms with van der Waals surface area (Å²) in [6.45, 7) is 0. The molecule has 1 aliphatic carbocycles. The van der Waals surface area contributed by atoms with E-state index in [4.69, 9.17) is 14.7 Å². The van der Waals surface area contributed by atoms with Gasteiger partial charge in [-0.05, 0) is 86.6 Å². The molecule has 1 spiro atoms. The molecule has 0 saturated heterocycles. The van der Waals surface area contributed by atoms with E-state index in [9.17, 15) is 5.26 Å². The quantitative estimate of drug-likeness (QED) is 0.181. The van der Waals surface area contributed by atoms with Gasteiger partial charge in [-0.25, -0.2) is 9.97 Å². The molecule has 0 fully saturated rings. The van der Waals surface area contributed by atoms with Crippen molar-refractivity contribution in [3.63, 3.8) is 0 Å². The molecule has 0 radical (unpaired) electrons. The molecule has 264 valence electrons. The minimum Gasteiger partial charge on any atom is -0.457 e. The number of para-hydroxylation sites is 2. The maximum atomic E-state index is 9.41. The van der Waals surface area contributed by atoms with E-state index in [0.29, 0.717) is 11.4 Å². The first-order chi connectivity index (χ1) is 28.2. The van der Waals surface area contributed by atoms with Crippen molar-refractivity contribution in [1.29, 1.82) is 5.26 Å². The fourth-order valence-electron chi connectivity index (χ4n) is 9.38. The molecule has 2 aliphatic rings. The van der Waals surface area contributed by atoms with Crippen LogP contribution >= 0.6 is 11.3 Å². The van der Waals surface area contributed by atoms with E-state index in [1.807, 2.05) is 24.3 Å². The molecule has 0 amide bonds. The largest absolute Gasteiger partial charge is 0.457 e. The van der Waals surface area contributed by atoms with Gasteiger partial charge in [0.25, 0.3) is 0 Å². The molecular formula is C52H29N3OS.